The van der Waals surface area contributed by atoms with Crippen molar-refractivity contribution in [2.75, 3.05) is 24.6 Å². The Labute approximate surface area is 72.3 Å². The molecule has 3 heteroatoms. The molecule has 1 spiro atoms. The fraction of sp³-hybridized carbons (Fsp3) is 1.00. The predicted octanol–water partition coefficient (Wildman–Crippen LogP) is 0.430. The first-order chi connectivity index (χ1) is 5.37. The molecule has 64 valence electrons. The minimum absolute atomic E-state index is 0.444. The van der Waals surface area contributed by atoms with Crippen molar-refractivity contribution in [2.24, 2.45) is 11.7 Å². The van der Waals surface area contributed by atoms with Gasteiger partial charge in [-0.2, -0.15) is 11.8 Å². The Morgan fingerprint density at radius 2 is 2.55 bits per heavy atom. The molecule has 0 aromatic rings. The van der Waals surface area contributed by atoms with Crippen LogP contribution in [0, 0.1) is 5.92 Å². The number of nitrogens with one attached hydrogen (secondary N) is 1. The van der Waals surface area contributed by atoms with Gasteiger partial charge in [-0.05, 0) is 37.6 Å². The highest BCUT2D eigenvalue weighted by Crippen LogP contribution is 2.38. The zero-order valence-corrected chi connectivity index (χ0v) is 7.62. The molecule has 2 fully saturated rings. The lowest BCUT2D eigenvalue weighted by Gasteiger charge is -2.29. The molecule has 2 aliphatic heterocycles. The van der Waals surface area contributed by atoms with E-state index >= 15 is 0 Å². The number of nitrogens with two attached hydrogens (primary N) is 1. The van der Waals surface area contributed by atoms with Crippen molar-refractivity contribution in [3.05, 3.63) is 0 Å². The molecule has 11 heavy (non-hydrogen) atoms. The van der Waals surface area contributed by atoms with Crippen LogP contribution in [-0.4, -0.2) is 30.1 Å². The molecule has 0 bridgehead atoms. The number of rotatable bonds is 1. The van der Waals surface area contributed by atoms with Crippen molar-refractivity contribution in [1.29, 1.82) is 0 Å². The van der Waals surface area contributed by atoms with E-state index in [2.05, 4.69) is 17.1 Å². The van der Waals surface area contributed by atoms with Crippen LogP contribution >= 0.6 is 11.8 Å². The van der Waals surface area contributed by atoms with Crippen molar-refractivity contribution in [2.45, 2.75) is 18.4 Å². The fourth-order valence-electron chi connectivity index (χ4n) is 2.30. The second-order valence-corrected chi connectivity index (χ2v) is 4.71. The van der Waals surface area contributed by atoms with Gasteiger partial charge in [0, 0.05) is 11.3 Å². The topological polar surface area (TPSA) is 38.0 Å². The third-order valence-electron chi connectivity index (χ3n) is 3.09. The molecule has 2 heterocycles. The smallest absolute Gasteiger partial charge is 0.0320 e. The molecular weight excluding hydrogens is 156 g/mol. The maximum absolute atomic E-state index is 5.74. The monoisotopic (exact) mass is 172 g/mol. The lowest BCUT2D eigenvalue weighted by molar-refractivity contribution is 0.319. The Bertz CT molecular complexity index is 138. The van der Waals surface area contributed by atoms with Gasteiger partial charge in [0.05, 0.1) is 0 Å². The maximum Gasteiger partial charge on any atom is 0.0320 e. The van der Waals surface area contributed by atoms with Gasteiger partial charge in [-0.15, -0.1) is 0 Å². The average Bonchev–Trinajstić information content (AvgIpc) is 2.62. The van der Waals surface area contributed by atoms with E-state index < -0.39 is 0 Å². The third-order valence-corrected chi connectivity index (χ3v) is 4.30. The Balaban J connectivity index is 2.09. The second kappa shape index (κ2) is 2.96. The second-order valence-electron chi connectivity index (χ2n) is 3.61. The zero-order valence-electron chi connectivity index (χ0n) is 6.81. The largest absolute Gasteiger partial charge is 0.330 e. The van der Waals surface area contributed by atoms with Crippen LogP contribution < -0.4 is 11.1 Å². The summed E-state index contributed by atoms with van der Waals surface area (Å²) < 4.78 is 0. The molecule has 2 nitrogen and oxygen atoms in total. The molecule has 0 radical (unpaired) electrons. The van der Waals surface area contributed by atoms with Crippen LogP contribution in [0.3, 0.4) is 0 Å². The summed E-state index contributed by atoms with van der Waals surface area (Å²) in [5.41, 5.74) is 6.18. The lowest BCUT2D eigenvalue weighted by Crippen LogP contribution is -2.47. The van der Waals surface area contributed by atoms with Gasteiger partial charge < -0.3 is 11.1 Å². The Morgan fingerprint density at radius 3 is 3.18 bits per heavy atom. The van der Waals surface area contributed by atoms with E-state index in [0.717, 1.165) is 12.5 Å². The van der Waals surface area contributed by atoms with Crippen LogP contribution in [0.25, 0.3) is 0 Å². The normalized spacial score (nSPS) is 43.9. The van der Waals surface area contributed by atoms with Gasteiger partial charge in [-0.25, -0.2) is 0 Å². The van der Waals surface area contributed by atoms with E-state index in [0.29, 0.717) is 5.54 Å². The number of hydrogen-bond donors (Lipinski definition) is 2. The van der Waals surface area contributed by atoms with Crippen molar-refractivity contribution >= 4 is 11.8 Å². The Morgan fingerprint density at radius 1 is 1.64 bits per heavy atom. The molecule has 2 saturated heterocycles. The summed E-state index contributed by atoms with van der Waals surface area (Å²) in [5.74, 6) is 3.36. The molecule has 0 aliphatic carbocycles. The van der Waals surface area contributed by atoms with Gasteiger partial charge in [-0.3, -0.25) is 0 Å². The summed E-state index contributed by atoms with van der Waals surface area (Å²) in [4.78, 5) is 0. The van der Waals surface area contributed by atoms with Crippen molar-refractivity contribution in [3.63, 3.8) is 0 Å². The van der Waals surface area contributed by atoms with Crippen LogP contribution in [0.5, 0.6) is 0 Å². The third kappa shape index (κ3) is 1.19. The van der Waals surface area contributed by atoms with E-state index in [4.69, 9.17) is 5.73 Å². The first-order valence-electron chi connectivity index (χ1n) is 4.40. The number of hydrogen-bond acceptors (Lipinski definition) is 3. The van der Waals surface area contributed by atoms with Gasteiger partial charge in [-0.1, -0.05) is 0 Å². The number of thioether (sulfide) groups is 1. The van der Waals surface area contributed by atoms with Gasteiger partial charge >= 0.3 is 0 Å². The van der Waals surface area contributed by atoms with E-state index in [1.54, 1.807) is 0 Å². The van der Waals surface area contributed by atoms with Crippen LogP contribution in [0.1, 0.15) is 12.8 Å². The molecule has 2 rings (SSSR count). The fourth-order valence-corrected chi connectivity index (χ4v) is 3.80. The summed E-state index contributed by atoms with van der Waals surface area (Å²) in [6.07, 6.45) is 2.62. The molecule has 2 unspecified atom stereocenters. The van der Waals surface area contributed by atoms with Crippen LogP contribution in [-0.2, 0) is 0 Å². The molecule has 0 saturated carbocycles. The van der Waals surface area contributed by atoms with E-state index in [1.165, 1.54) is 30.9 Å². The molecule has 0 aromatic heterocycles. The molecule has 2 aliphatic rings. The molecule has 0 aromatic carbocycles. The van der Waals surface area contributed by atoms with Gasteiger partial charge in [0.25, 0.3) is 0 Å². The van der Waals surface area contributed by atoms with Gasteiger partial charge in [0.15, 0.2) is 0 Å². The van der Waals surface area contributed by atoms with Crippen LogP contribution in [0.15, 0.2) is 0 Å². The molecule has 0 amide bonds. The standard InChI is InChI=1S/C8H16N2S/c9-5-7-1-3-10-8(7)2-4-11-6-8/h7,10H,1-6,9H2. The summed E-state index contributed by atoms with van der Waals surface area (Å²) in [6.45, 7) is 2.05. The molecular formula is C8H16N2S. The van der Waals surface area contributed by atoms with Crippen molar-refractivity contribution in [1.82, 2.24) is 5.32 Å². The van der Waals surface area contributed by atoms with E-state index in [9.17, 15) is 0 Å². The zero-order chi connectivity index (χ0) is 7.73. The van der Waals surface area contributed by atoms with E-state index in [1.807, 2.05) is 0 Å². The minimum atomic E-state index is 0.444. The average molecular weight is 172 g/mol. The first-order valence-corrected chi connectivity index (χ1v) is 5.56. The Hall–Kier alpha value is 0.270. The van der Waals surface area contributed by atoms with Crippen LogP contribution in [0.2, 0.25) is 0 Å². The summed E-state index contributed by atoms with van der Waals surface area (Å²) in [7, 11) is 0. The van der Waals surface area contributed by atoms with Gasteiger partial charge in [0.1, 0.15) is 0 Å². The van der Waals surface area contributed by atoms with Crippen molar-refractivity contribution in [3.8, 4) is 0 Å². The summed E-state index contributed by atoms with van der Waals surface area (Å²) in [5, 5.41) is 3.63. The highest BCUT2D eigenvalue weighted by Gasteiger charge is 2.43. The highest BCUT2D eigenvalue weighted by molar-refractivity contribution is 7.99. The summed E-state index contributed by atoms with van der Waals surface area (Å²) >= 11 is 2.07. The first kappa shape index (κ1) is 7.90. The minimum Gasteiger partial charge on any atom is -0.330 e. The van der Waals surface area contributed by atoms with E-state index in [-0.39, 0.29) is 0 Å². The highest BCUT2D eigenvalue weighted by atomic mass is 32.2. The quantitative estimate of drug-likeness (QED) is 0.602. The Kier molecular flexibility index (Phi) is 2.12. The SMILES string of the molecule is NCC1CCNC12CCSC2. The summed E-state index contributed by atoms with van der Waals surface area (Å²) in [6, 6.07) is 0. The maximum atomic E-state index is 5.74. The molecule has 2 atom stereocenters. The van der Waals surface area contributed by atoms with Crippen LogP contribution in [0.4, 0.5) is 0 Å². The molecule has 3 N–H and O–H groups in total. The predicted molar refractivity (Wildman–Crippen MR) is 49.8 cm³/mol. The lowest BCUT2D eigenvalue weighted by atomic mass is 9.85. The van der Waals surface area contributed by atoms with Gasteiger partial charge in [0.2, 0.25) is 0 Å². The van der Waals surface area contributed by atoms with Crippen molar-refractivity contribution < 1.29 is 0 Å².